The van der Waals surface area contributed by atoms with E-state index in [1.807, 2.05) is 37.5 Å². The maximum absolute atomic E-state index is 11.7. The van der Waals surface area contributed by atoms with Gasteiger partial charge in [-0.3, -0.25) is 19.7 Å². The van der Waals surface area contributed by atoms with E-state index in [4.69, 9.17) is 4.74 Å². The minimum Gasteiger partial charge on any atom is -0.465 e. The molecule has 5 heteroatoms. The molecule has 27 heavy (non-hydrogen) atoms. The number of carbonyl (C=O) groups is 1. The summed E-state index contributed by atoms with van der Waals surface area (Å²) in [7, 11) is 0. The van der Waals surface area contributed by atoms with E-state index in [0.29, 0.717) is 19.1 Å². The molecule has 0 N–H and O–H groups in total. The van der Waals surface area contributed by atoms with Crippen LogP contribution in [-0.2, 0) is 9.53 Å². The van der Waals surface area contributed by atoms with Crippen molar-refractivity contribution >= 4 is 16.9 Å². The number of hydrogen-bond donors (Lipinski definition) is 0. The molecule has 0 spiro atoms. The number of hydrogen-bond acceptors (Lipinski definition) is 5. The van der Waals surface area contributed by atoms with Gasteiger partial charge in [0.25, 0.3) is 0 Å². The molecule has 2 aromatic heterocycles. The molecule has 1 saturated heterocycles. The van der Waals surface area contributed by atoms with Crippen molar-refractivity contribution in [3.8, 4) is 11.3 Å². The quantitative estimate of drug-likeness (QED) is 0.649. The van der Waals surface area contributed by atoms with Crippen LogP contribution in [0.15, 0.2) is 54.9 Å². The molecular weight excluding hydrogens is 338 g/mol. The van der Waals surface area contributed by atoms with Crippen molar-refractivity contribution in [2.24, 2.45) is 0 Å². The van der Waals surface area contributed by atoms with Gasteiger partial charge in [0.2, 0.25) is 0 Å². The minimum absolute atomic E-state index is 0.143. The average molecular weight is 361 g/mol. The summed E-state index contributed by atoms with van der Waals surface area (Å²) < 4.78 is 5.06. The van der Waals surface area contributed by atoms with Gasteiger partial charge in [0.1, 0.15) is 0 Å². The van der Waals surface area contributed by atoms with Crippen molar-refractivity contribution < 1.29 is 9.53 Å². The highest BCUT2D eigenvalue weighted by Gasteiger charge is 2.26. The van der Waals surface area contributed by atoms with Crippen molar-refractivity contribution in [1.82, 2.24) is 14.9 Å². The summed E-state index contributed by atoms with van der Waals surface area (Å²) in [4.78, 5) is 23.0. The van der Waals surface area contributed by atoms with Crippen LogP contribution >= 0.6 is 0 Å². The molecule has 1 atom stereocenters. The molecule has 0 amide bonds. The summed E-state index contributed by atoms with van der Waals surface area (Å²) in [5.74, 6) is 0.269. The number of nitrogens with zero attached hydrogens (tertiary/aromatic N) is 3. The maximum atomic E-state index is 11.7. The zero-order valence-corrected chi connectivity index (χ0v) is 15.5. The third-order valence-electron chi connectivity index (χ3n) is 5.07. The Hall–Kier alpha value is -2.79. The van der Waals surface area contributed by atoms with Crippen molar-refractivity contribution in [2.75, 3.05) is 26.2 Å². The molecule has 138 valence electrons. The standard InChI is InChI=1S/C22H23N3O2/c1-2-27-22(26)15-25-10-8-18(14-25)16-7-9-23-21(12-16)19-11-17-5-3-4-6-20(17)24-13-19/h3-7,9,11-13,18H,2,8,10,14-15H2,1H3. The molecule has 1 fully saturated rings. The number of rotatable bonds is 5. The number of esters is 1. The number of para-hydroxylation sites is 1. The smallest absolute Gasteiger partial charge is 0.320 e. The van der Waals surface area contributed by atoms with Crippen molar-refractivity contribution in [3.63, 3.8) is 0 Å². The largest absolute Gasteiger partial charge is 0.465 e. The molecule has 0 radical (unpaired) electrons. The van der Waals surface area contributed by atoms with E-state index in [2.05, 4.69) is 39.1 Å². The predicted molar refractivity (Wildman–Crippen MR) is 105 cm³/mol. The lowest BCUT2D eigenvalue weighted by Crippen LogP contribution is -2.28. The number of fused-ring (bicyclic) bond motifs is 1. The highest BCUT2D eigenvalue weighted by molar-refractivity contribution is 5.82. The summed E-state index contributed by atoms with van der Waals surface area (Å²) in [5, 5.41) is 1.11. The normalized spacial score (nSPS) is 17.3. The Morgan fingerprint density at radius 2 is 2.11 bits per heavy atom. The van der Waals surface area contributed by atoms with Crippen LogP contribution in [0, 0.1) is 0 Å². The van der Waals surface area contributed by atoms with Crippen LogP contribution in [0.5, 0.6) is 0 Å². The molecule has 3 heterocycles. The van der Waals surface area contributed by atoms with Gasteiger partial charge >= 0.3 is 5.97 Å². The van der Waals surface area contributed by atoms with E-state index in [9.17, 15) is 4.79 Å². The number of pyridine rings is 2. The first kappa shape index (κ1) is 17.6. The van der Waals surface area contributed by atoms with Crippen LogP contribution in [-0.4, -0.2) is 47.1 Å². The molecule has 4 rings (SSSR count). The van der Waals surface area contributed by atoms with Gasteiger partial charge in [-0.05, 0) is 55.6 Å². The van der Waals surface area contributed by atoms with Gasteiger partial charge in [0, 0.05) is 29.9 Å². The SMILES string of the molecule is CCOC(=O)CN1CCC(c2ccnc(-c3cnc4ccccc4c3)c2)C1. The van der Waals surface area contributed by atoms with Gasteiger partial charge in [-0.2, -0.15) is 0 Å². The second-order valence-electron chi connectivity index (χ2n) is 6.92. The van der Waals surface area contributed by atoms with Crippen LogP contribution < -0.4 is 0 Å². The van der Waals surface area contributed by atoms with E-state index < -0.39 is 0 Å². The topological polar surface area (TPSA) is 55.3 Å². The summed E-state index contributed by atoms with van der Waals surface area (Å²) >= 11 is 0. The first-order chi connectivity index (χ1) is 13.2. The van der Waals surface area contributed by atoms with E-state index >= 15 is 0 Å². The second kappa shape index (κ2) is 7.84. The lowest BCUT2D eigenvalue weighted by Gasteiger charge is -2.15. The molecular formula is C22H23N3O2. The zero-order valence-electron chi connectivity index (χ0n) is 15.5. The van der Waals surface area contributed by atoms with Crippen molar-refractivity contribution in [3.05, 3.63) is 60.4 Å². The first-order valence-electron chi connectivity index (χ1n) is 9.42. The molecule has 1 unspecified atom stereocenters. The van der Waals surface area contributed by atoms with Gasteiger partial charge < -0.3 is 4.74 Å². The first-order valence-corrected chi connectivity index (χ1v) is 9.42. The monoisotopic (exact) mass is 361 g/mol. The Labute approximate surface area is 159 Å². The van der Waals surface area contributed by atoms with Crippen LogP contribution in [0.3, 0.4) is 0 Å². The number of carbonyl (C=O) groups excluding carboxylic acids is 1. The molecule has 0 bridgehead atoms. The van der Waals surface area contributed by atoms with Gasteiger partial charge in [-0.1, -0.05) is 18.2 Å². The van der Waals surface area contributed by atoms with Crippen LogP contribution in [0.2, 0.25) is 0 Å². The van der Waals surface area contributed by atoms with Gasteiger partial charge in [-0.15, -0.1) is 0 Å². The fraction of sp³-hybridized carbons (Fsp3) is 0.318. The predicted octanol–water partition coefficient (Wildman–Crippen LogP) is 3.65. The van der Waals surface area contributed by atoms with Crippen molar-refractivity contribution in [1.29, 1.82) is 0 Å². The highest BCUT2D eigenvalue weighted by Crippen LogP contribution is 2.29. The van der Waals surface area contributed by atoms with Gasteiger partial charge in [0.15, 0.2) is 0 Å². The highest BCUT2D eigenvalue weighted by atomic mass is 16.5. The molecule has 1 aromatic carbocycles. The summed E-state index contributed by atoms with van der Waals surface area (Å²) in [6.45, 7) is 4.43. The van der Waals surface area contributed by atoms with E-state index in [1.165, 1.54) is 5.56 Å². The summed E-state index contributed by atoms with van der Waals surface area (Å²) in [6, 6.07) is 14.5. The van der Waals surface area contributed by atoms with Crippen molar-refractivity contribution in [2.45, 2.75) is 19.3 Å². The number of aromatic nitrogens is 2. The van der Waals surface area contributed by atoms with E-state index in [0.717, 1.165) is 41.7 Å². The summed E-state index contributed by atoms with van der Waals surface area (Å²) in [5.41, 5.74) is 4.22. The zero-order chi connectivity index (χ0) is 18.6. The Bertz CT molecular complexity index is 957. The molecule has 3 aromatic rings. The average Bonchev–Trinajstić information content (AvgIpc) is 3.16. The second-order valence-corrected chi connectivity index (χ2v) is 6.92. The van der Waals surface area contributed by atoms with Gasteiger partial charge in [0.05, 0.1) is 24.4 Å². The number of benzene rings is 1. The van der Waals surface area contributed by atoms with Crippen LogP contribution in [0.25, 0.3) is 22.2 Å². The Balaban J connectivity index is 1.51. The Morgan fingerprint density at radius 1 is 1.22 bits per heavy atom. The maximum Gasteiger partial charge on any atom is 0.320 e. The lowest BCUT2D eigenvalue weighted by atomic mass is 9.97. The molecule has 5 nitrogen and oxygen atoms in total. The third-order valence-corrected chi connectivity index (χ3v) is 5.07. The third kappa shape index (κ3) is 3.98. The van der Waals surface area contributed by atoms with Crippen LogP contribution in [0.1, 0.15) is 24.8 Å². The Morgan fingerprint density at radius 3 is 3.00 bits per heavy atom. The lowest BCUT2D eigenvalue weighted by molar-refractivity contribution is -0.144. The molecule has 0 aliphatic carbocycles. The number of ether oxygens (including phenoxy) is 1. The minimum atomic E-state index is -0.143. The Kier molecular flexibility index (Phi) is 5.12. The number of likely N-dealkylation sites (tertiary alicyclic amines) is 1. The fourth-order valence-electron chi connectivity index (χ4n) is 3.71. The summed E-state index contributed by atoms with van der Waals surface area (Å²) in [6.07, 6.45) is 4.79. The van der Waals surface area contributed by atoms with E-state index in [1.54, 1.807) is 0 Å². The fourth-order valence-corrected chi connectivity index (χ4v) is 3.71. The molecule has 1 aliphatic rings. The van der Waals surface area contributed by atoms with E-state index in [-0.39, 0.29) is 5.97 Å². The molecule has 0 saturated carbocycles. The van der Waals surface area contributed by atoms with Gasteiger partial charge in [-0.25, -0.2) is 0 Å². The molecule has 1 aliphatic heterocycles. The van der Waals surface area contributed by atoms with Crippen LogP contribution in [0.4, 0.5) is 0 Å².